The van der Waals surface area contributed by atoms with Crippen LogP contribution in [0.15, 0.2) is 42.5 Å². The molecule has 5 heteroatoms. The average Bonchev–Trinajstić information content (AvgIpc) is 2.55. The fraction of sp³-hybridized carbons (Fsp3) is 0.333. The van der Waals surface area contributed by atoms with Crippen molar-refractivity contribution in [3.05, 3.63) is 48.0 Å². The Bertz CT molecular complexity index is 631. The van der Waals surface area contributed by atoms with E-state index in [0.29, 0.717) is 8.58 Å². The normalized spacial score (nSPS) is 11.3. The van der Waals surface area contributed by atoms with Gasteiger partial charge in [0.1, 0.15) is 11.5 Å². The van der Waals surface area contributed by atoms with Gasteiger partial charge in [0.2, 0.25) is 0 Å². The molecule has 0 fully saturated rings. The van der Waals surface area contributed by atoms with Crippen LogP contribution in [0, 0.1) is 0 Å². The lowest BCUT2D eigenvalue weighted by atomic mass is 10.2. The molecule has 0 aliphatic heterocycles. The molecule has 0 N–H and O–H groups in total. The standard InChI is InChI=1S/C18H24NO3P/c1-19(2)12-14-7-5-6-8-17(14)23-18-11-15(21-4)9-10-16(18)22-13-20-3/h5-11,23H,12-13H2,1-4H3. The van der Waals surface area contributed by atoms with E-state index in [2.05, 4.69) is 43.3 Å². The van der Waals surface area contributed by atoms with Crippen molar-refractivity contribution < 1.29 is 14.2 Å². The van der Waals surface area contributed by atoms with E-state index in [1.165, 1.54) is 10.9 Å². The molecule has 4 nitrogen and oxygen atoms in total. The number of hydrogen-bond donors (Lipinski definition) is 0. The lowest BCUT2D eigenvalue weighted by Gasteiger charge is -2.16. The van der Waals surface area contributed by atoms with Crippen LogP contribution < -0.4 is 20.1 Å². The number of nitrogens with zero attached hydrogens (tertiary/aromatic N) is 1. The first kappa shape index (κ1) is 17.7. The molecule has 0 aliphatic carbocycles. The van der Waals surface area contributed by atoms with Crippen LogP contribution in [-0.4, -0.2) is 40.0 Å². The first-order valence-corrected chi connectivity index (χ1v) is 8.43. The number of methoxy groups -OCH3 is 2. The second-order valence-electron chi connectivity index (χ2n) is 5.43. The number of hydrogen-bond acceptors (Lipinski definition) is 4. The van der Waals surface area contributed by atoms with Crippen molar-refractivity contribution in [2.45, 2.75) is 6.54 Å². The third-order valence-electron chi connectivity index (χ3n) is 3.29. The quantitative estimate of drug-likeness (QED) is 0.548. The van der Waals surface area contributed by atoms with Gasteiger partial charge in [0, 0.05) is 19.0 Å². The first-order chi connectivity index (χ1) is 11.1. The molecule has 0 aliphatic rings. The second kappa shape index (κ2) is 8.88. The Balaban J connectivity index is 2.31. The minimum Gasteiger partial charge on any atom is -0.497 e. The van der Waals surface area contributed by atoms with E-state index in [0.717, 1.165) is 23.3 Å². The Hall–Kier alpha value is -1.61. The molecule has 0 spiro atoms. The molecule has 0 aromatic heterocycles. The molecule has 0 saturated heterocycles. The van der Waals surface area contributed by atoms with Crippen LogP contribution in [0.5, 0.6) is 11.5 Å². The highest BCUT2D eigenvalue weighted by molar-refractivity contribution is 7.55. The lowest BCUT2D eigenvalue weighted by molar-refractivity contribution is 0.0519. The van der Waals surface area contributed by atoms with E-state index < -0.39 is 0 Å². The summed E-state index contributed by atoms with van der Waals surface area (Å²) < 4.78 is 16.1. The molecule has 0 saturated carbocycles. The molecule has 2 aromatic carbocycles. The van der Waals surface area contributed by atoms with Crippen molar-refractivity contribution in [2.75, 3.05) is 35.1 Å². The number of rotatable bonds is 8. The summed E-state index contributed by atoms with van der Waals surface area (Å²) in [5.41, 5.74) is 1.33. The van der Waals surface area contributed by atoms with Gasteiger partial charge in [-0.25, -0.2) is 0 Å². The highest BCUT2D eigenvalue weighted by atomic mass is 31.1. The lowest BCUT2D eigenvalue weighted by Crippen LogP contribution is -2.18. The SMILES string of the molecule is COCOc1ccc(OC)cc1Pc1ccccc1CN(C)C. The van der Waals surface area contributed by atoms with Gasteiger partial charge >= 0.3 is 0 Å². The van der Waals surface area contributed by atoms with Crippen molar-refractivity contribution in [1.29, 1.82) is 0 Å². The molecule has 2 aromatic rings. The molecule has 23 heavy (non-hydrogen) atoms. The third kappa shape index (κ3) is 5.21. The van der Waals surface area contributed by atoms with Gasteiger partial charge in [0.05, 0.1) is 7.11 Å². The monoisotopic (exact) mass is 333 g/mol. The molecule has 1 unspecified atom stereocenters. The van der Waals surface area contributed by atoms with Gasteiger partial charge in [-0.1, -0.05) is 32.8 Å². The minimum absolute atomic E-state index is 0.239. The summed E-state index contributed by atoms with van der Waals surface area (Å²) in [4.78, 5) is 2.18. The van der Waals surface area contributed by atoms with Crippen molar-refractivity contribution in [2.24, 2.45) is 0 Å². The zero-order chi connectivity index (χ0) is 16.7. The van der Waals surface area contributed by atoms with Gasteiger partial charge in [-0.3, -0.25) is 0 Å². The summed E-state index contributed by atoms with van der Waals surface area (Å²) in [7, 11) is 7.96. The van der Waals surface area contributed by atoms with Crippen molar-refractivity contribution in [1.82, 2.24) is 4.90 Å². The van der Waals surface area contributed by atoms with Gasteiger partial charge in [0.15, 0.2) is 6.79 Å². The molecule has 0 amide bonds. The topological polar surface area (TPSA) is 30.9 Å². The van der Waals surface area contributed by atoms with Gasteiger partial charge in [-0.2, -0.15) is 0 Å². The molecular formula is C18H24NO3P. The van der Waals surface area contributed by atoms with E-state index in [1.807, 2.05) is 18.2 Å². The van der Waals surface area contributed by atoms with Crippen LogP contribution in [0.2, 0.25) is 0 Å². The van der Waals surface area contributed by atoms with E-state index in [-0.39, 0.29) is 6.79 Å². The summed E-state index contributed by atoms with van der Waals surface area (Å²) >= 11 is 0. The maximum absolute atomic E-state index is 5.70. The predicted octanol–water partition coefficient (Wildman–Crippen LogP) is 2.37. The highest BCUT2D eigenvalue weighted by Gasteiger charge is 2.10. The second-order valence-corrected chi connectivity index (χ2v) is 6.76. The van der Waals surface area contributed by atoms with Gasteiger partial charge in [-0.15, -0.1) is 0 Å². The summed E-state index contributed by atoms with van der Waals surface area (Å²) in [6.45, 7) is 1.16. The molecule has 0 heterocycles. The third-order valence-corrected chi connectivity index (χ3v) is 4.71. The van der Waals surface area contributed by atoms with Crippen LogP contribution in [0.25, 0.3) is 0 Å². The van der Waals surface area contributed by atoms with Crippen LogP contribution in [0.4, 0.5) is 0 Å². The summed E-state index contributed by atoms with van der Waals surface area (Å²) in [6, 6.07) is 14.4. The number of ether oxygens (including phenoxy) is 3. The molecule has 0 bridgehead atoms. The van der Waals surface area contributed by atoms with Gasteiger partial charge < -0.3 is 19.1 Å². The average molecular weight is 333 g/mol. The van der Waals surface area contributed by atoms with E-state index in [4.69, 9.17) is 14.2 Å². The maximum Gasteiger partial charge on any atom is 0.188 e. The predicted molar refractivity (Wildman–Crippen MR) is 96.9 cm³/mol. The van der Waals surface area contributed by atoms with Crippen LogP contribution in [0.3, 0.4) is 0 Å². The van der Waals surface area contributed by atoms with Crippen molar-refractivity contribution in [3.8, 4) is 11.5 Å². The molecule has 1 atom stereocenters. The molecular weight excluding hydrogens is 309 g/mol. The Kier molecular flexibility index (Phi) is 6.85. The maximum atomic E-state index is 5.70. The zero-order valence-electron chi connectivity index (χ0n) is 14.1. The highest BCUT2D eigenvalue weighted by Crippen LogP contribution is 2.25. The summed E-state index contributed by atoms with van der Waals surface area (Å²) in [5.74, 6) is 1.67. The Morgan fingerprint density at radius 3 is 2.48 bits per heavy atom. The van der Waals surface area contributed by atoms with E-state index in [1.54, 1.807) is 14.2 Å². The van der Waals surface area contributed by atoms with Crippen LogP contribution in [0.1, 0.15) is 5.56 Å². The smallest absolute Gasteiger partial charge is 0.188 e. The largest absolute Gasteiger partial charge is 0.497 e. The van der Waals surface area contributed by atoms with Crippen molar-refractivity contribution >= 4 is 19.2 Å². The summed E-state index contributed by atoms with van der Waals surface area (Å²) in [5, 5.41) is 2.43. The Morgan fingerprint density at radius 2 is 1.78 bits per heavy atom. The van der Waals surface area contributed by atoms with Crippen LogP contribution in [-0.2, 0) is 11.3 Å². The number of benzene rings is 2. The zero-order valence-corrected chi connectivity index (χ0v) is 15.1. The van der Waals surface area contributed by atoms with Crippen molar-refractivity contribution in [3.63, 3.8) is 0 Å². The Labute approximate surface area is 140 Å². The summed E-state index contributed by atoms with van der Waals surface area (Å²) in [6.07, 6.45) is 0. The fourth-order valence-electron chi connectivity index (χ4n) is 2.25. The molecule has 2 rings (SSSR count). The van der Waals surface area contributed by atoms with E-state index in [9.17, 15) is 0 Å². The molecule has 124 valence electrons. The van der Waals surface area contributed by atoms with Gasteiger partial charge in [-0.05, 0) is 43.2 Å². The first-order valence-electron chi connectivity index (χ1n) is 7.43. The minimum atomic E-state index is 0.239. The fourth-order valence-corrected chi connectivity index (χ4v) is 3.53. The van der Waals surface area contributed by atoms with Gasteiger partial charge in [0.25, 0.3) is 0 Å². The Morgan fingerprint density at radius 1 is 1.00 bits per heavy atom. The molecule has 0 radical (unpaired) electrons. The van der Waals surface area contributed by atoms with Crippen LogP contribution >= 0.6 is 8.58 Å². The van der Waals surface area contributed by atoms with E-state index >= 15 is 0 Å².